The Kier molecular flexibility index (Phi) is 5.83. The second-order valence-corrected chi connectivity index (χ2v) is 7.39. The van der Waals surface area contributed by atoms with Crippen molar-refractivity contribution in [1.29, 1.82) is 0 Å². The molecule has 0 aliphatic heterocycles. The zero-order valence-electron chi connectivity index (χ0n) is 14.0. The molecule has 1 unspecified atom stereocenters. The van der Waals surface area contributed by atoms with Crippen LogP contribution in [0.2, 0.25) is 0 Å². The van der Waals surface area contributed by atoms with Crippen LogP contribution >= 0.6 is 0 Å². The molecule has 1 atom stereocenters. The summed E-state index contributed by atoms with van der Waals surface area (Å²) in [5.41, 5.74) is 7.62. The van der Waals surface area contributed by atoms with Gasteiger partial charge in [0.25, 0.3) is 0 Å². The van der Waals surface area contributed by atoms with Crippen molar-refractivity contribution < 1.29 is 0 Å². The van der Waals surface area contributed by atoms with E-state index in [0.717, 1.165) is 12.6 Å². The van der Waals surface area contributed by atoms with Gasteiger partial charge in [0.15, 0.2) is 0 Å². The van der Waals surface area contributed by atoms with Crippen LogP contribution in [0.4, 0.5) is 0 Å². The normalized spacial score (nSPS) is 19.3. The highest BCUT2D eigenvalue weighted by Crippen LogP contribution is 2.30. The second-order valence-electron chi connectivity index (χ2n) is 7.39. The third-order valence-corrected chi connectivity index (χ3v) is 4.91. The summed E-state index contributed by atoms with van der Waals surface area (Å²) in [6.07, 6.45) is 5.51. The lowest BCUT2D eigenvalue weighted by molar-refractivity contribution is 0.142. The van der Waals surface area contributed by atoms with E-state index < -0.39 is 0 Å². The molecule has 1 aliphatic rings. The Bertz CT molecular complexity index is 409. The van der Waals surface area contributed by atoms with Crippen LogP contribution < -0.4 is 5.73 Å². The average molecular weight is 288 g/mol. The summed E-state index contributed by atoms with van der Waals surface area (Å²) < 4.78 is 0. The van der Waals surface area contributed by atoms with Gasteiger partial charge in [-0.1, -0.05) is 63.9 Å². The minimum Gasteiger partial charge on any atom is -0.330 e. The Morgan fingerprint density at radius 2 is 1.81 bits per heavy atom. The maximum Gasteiger partial charge on any atom is 0.0174 e. The van der Waals surface area contributed by atoms with E-state index in [1.165, 1.54) is 37.8 Å². The molecule has 0 heterocycles. The van der Waals surface area contributed by atoms with E-state index in [0.29, 0.717) is 12.5 Å². The summed E-state index contributed by atoms with van der Waals surface area (Å²) in [4.78, 5) is 2.72. The molecule has 0 radical (unpaired) electrons. The Balaban J connectivity index is 2.15. The van der Waals surface area contributed by atoms with E-state index >= 15 is 0 Å². The molecule has 0 amide bonds. The lowest BCUT2D eigenvalue weighted by Crippen LogP contribution is -2.48. The van der Waals surface area contributed by atoms with Gasteiger partial charge in [-0.05, 0) is 24.3 Å². The Labute approximate surface area is 130 Å². The molecule has 1 saturated carbocycles. The van der Waals surface area contributed by atoms with Crippen LogP contribution in [0.15, 0.2) is 30.3 Å². The predicted molar refractivity (Wildman–Crippen MR) is 91.5 cm³/mol. The molecule has 0 aromatic heterocycles. The highest BCUT2D eigenvalue weighted by molar-refractivity contribution is 5.25. The predicted octanol–water partition coefficient (Wildman–Crippen LogP) is 3.80. The van der Waals surface area contributed by atoms with E-state index in [1.807, 2.05) is 0 Å². The van der Waals surface area contributed by atoms with Gasteiger partial charge >= 0.3 is 0 Å². The summed E-state index contributed by atoms with van der Waals surface area (Å²) in [6, 6.07) is 11.6. The van der Waals surface area contributed by atoms with Crippen molar-refractivity contribution >= 4 is 0 Å². The monoisotopic (exact) mass is 288 g/mol. The number of hydrogen-bond acceptors (Lipinski definition) is 2. The number of nitrogens with zero attached hydrogens (tertiary/aromatic N) is 1. The fourth-order valence-corrected chi connectivity index (χ4v) is 3.64. The smallest absolute Gasteiger partial charge is 0.0174 e. The highest BCUT2D eigenvalue weighted by Gasteiger charge is 2.32. The van der Waals surface area contributed by atoms with Crippen LogP contribution in [0.5, 0.6) is 0 Å². The number of hydrogen-bond donors (Lipinski definition) is 1. The quantitative estimate of drug-likeness (QED) is 0.827. The summed E-state index contributed by atoms with van der Waals surface area (Å²) in [5.74, 6) is 0.711. The maximum absolute atomic E-state index is 6.19. The largest absolute Gasteiger partial charge is 0.330 e. The van der Waals surface area contributed by atoms with Crippen LogP contribution in [-0.4, -0.2) is 30.6 Å². The third-order valence-electron chi connectivity index (χ3n) is 4.91. The summed E-state index contributed by atoms with van der Waals surface area (Å²) >= 11 is 0. The van der Waals surface area contributed by atoms with E-state index in [2.05, 4.69) is 56.0 Å². The van der Waals surface area contributed by atoms with Gasteiger partial charge in [0.2, 0.25) is 0 Å². The van der Waals surface area contributed by atoms with E-state index in [9.17, 15) is 0 Å². The Morgan fingerprint density at radius 3 is 2.33 bits per heavy atom. The van der Waals surface area contributed by atoms with Crippen LogP contribution in [-0.2, 0) is 5.41 Å². The molecule has 118 valence electrons. The van der Waals surface area contributed by atoms with E-state index in [4.69, 9.17) is 5.73 Å². The van der Waals surface area contributed by atoms with Gasteiger partial charge in [-0.15, -0.1) is 0 Å². The molecule has 2 heteroatoms. The van der Waals surface area contributed by atoms with Crippen LogP contribution in [0, 0.1) is 5.92 Å². The third kappa shape index (κ3) is 4.31. The maximum atomic E-state index is 6.19. The number of rotatable bonds is 7. The molecule has 2 nitrogen and oxygen atoms in total. The molecular formula is C19H32N2. The van der Waals surface area contributed by atoms with Gasteiger partial charge in [0.1, 0.15) is 0 Å². The topological polar surface area (TPSA) is 29.3 Å². The van der Waals surface area contributed by atoms with E-state index in [-0.39, 0.29) is 5.41 Å². The van der Waals surface area contributed by atoms with Crippen molar-refractivity contribution in [2.75, 3.05) is 19.6 Å². The minimum atomic E-state index is 0.0543. The van der Waals surface area contributed by atoms with Crippen LogP contribution in [0.25, 0.3) is 0 Å². The summed E-state index contributed by atoms with van der Waals surface area (Å²) in [5, 5.41) is 0. The second kappa shape index (κ2) is 7.42. The molecule has 2 rings (SSSR count). The first-order chi connectivity index (χ1) is 10.0. The van der Waals surface area contributed by atoms with Crippen molar-refractivity contribution in [3.05, 3.63) is 35.9 Å². The molecule has 2 N–H and O–H groups in total. The first-order valence-electron chi connectivity index (χ1n) is 8.55. The Morgan fingerprint density at radius 1 is 1.19 bits per heavy atom. The van der Waals surface area contributed by atoms with Crippen LogP contribution in [0.1, 0.15) is 52.0 Å². The molecule has 0 bridgehead atoms. The molecule has 21 heavy (non-hydrogen) atoms. The first kappa shape index (κ1) is 16.5. The van der Waals surface area contributed by atoms with Gasteiger partial charge in [-0.2, -0.15) is 0 Å². The van der Waals surface area contributed by atoms with Crippen molar-refractivity contribution in [2.24, 2.45) is 11.7 Å². The van der Waals surface area contributed by atoms with Crippen molar-refractivity contribution in [3.8, 4) is 0 Å². The molecule has 0 saturated heterocycles. The van der Waals surface area contributed by atoms with Crippen molar-refractivity contribution in [1.82, 2.24) is 4.90 Å². The van der Waals surface area contributed by atoms with Crippen LogP contribution in [0.3, 0.4) is 0 Å². The lowest BCUT2D eigenvalue weighted by Gasteiger charge is -2.39. The molecule has 1 fully saturated rings. The zero-order valence-corrected chi connectivity index (χ0v) is 14.0. The number of nitrogens with two attached hydrogens (primary N) is 1. The molecule has 0 spiro atoms. The zero-order chi connectivity index (χ0) is 15.3. The molecule has 1 aromatic rings. The molecular weight excluding hydrogens is 256 g/mol. The van der Waals surface area contributed by atoms with Gasteiger partial charge < -0.3 is 5.73 Å². The van der Waals surface area contributed by atoms with E-state index in [1.54, 1.807) is 0 Å². The fourth-order valence-electron chi connectivity index (χ4n) is 3.64. The Hall–Kier alpha value is -0.860. The minimum absolute atomic E-state index is 0.0543. The molecule has 1 aromatic carbocycles. The van der Waals surface area contributed by atoms with Gasteiger partial charge in [-0.25, -0.2) is 0 Å². The summed E-state index contributed by atoms with van der Waals surface area (Å²) in [6.45, 7) is 9.95. The van der Waals surface area contributed by atoms with Crippen molar-refractivity contribution in [3.63, 3.8) is 0 Å². The lowest BCUT2D eigenvalue weighted by atomic mass is 9.81. The average Bonchev–Trinajstić information content (AvgIpc) is 3.01. The van der Waals surface area contributed by atoms with Gasteiger partial charge in [0, 0.05) is 31.1 Å². The fraction of sp³-hybridized carbons (Fsp3) is 0.684. The van der Waals surface area contributed by atoms with Gasteiger partial charge in [-0.3, -0.25) is 4.90 Å². The summed E-state index contributed by atoms with van der Waals surface area (Å²) in [7, 11) is 0. The van der Waals surface area contributed by atoms with Gasteiger partial charge in [0.05, 0.1) is 0 Å². The first-order valence-corrected chi connectivity index (χ1v) is 8.55. The van der Waals surface area contributed by atoms with Crippen molar-refractivity contribution in [2.45, 2.75) is 57.9 Å². The SMILES string of the molecule is CC(C)CN(CC(C)(CN)c1ccccc1)C1CCCC1. The number of benzene rings is 1. The highest BCUT2D eigenvalue weighted by atomic mass is 15.2. The standard InChI is InChI=1S/C19H32N2/c1-16(2)13-21(18-11-7-8-12-18)15-19(3,14-20)17-9-5-4-6-10-17/h4-6,9-10,16,18H,7-8,11-15,20H2,1-3H3. The molecule has 1 aliphatic carbocycles.